The van der Waals surface area contributed by atoms with Crippen molar-refractivity contribution in [1.29, 1.82) is 0 Å². The van der Waals surface area contributed by atoms with Gasteiger partial charge in [0.2, 0.25) is 5.88 Å². The highest BCUT2D eigenvalue weighted by molar-refractivity contribution is 5.36. The SMILES string of the molecule is CNc1cc(OC2CCNC2)ncn1. The fourth-order valence-corrected chi connectivity index (χ4v) is 1.44. The molecule has 1 aliphatic heterocycles. The van der Waals surface area contributed by atoms with Crippen molar-refractivity contribution in [3.63, 3.8) is 0 Å². The van der Waals surface area contributed by atoms with Gasteiger partial charge in [-0.1, -0.05) is 0 Å². The molecule has 0 aromatic carbocycles. The van der Waals surface area contributed by atoms with Crippen LogP contribution in [0.4, 0.5) is 5.82 Å². The van der Waals surface area contributed by atoms with Crippen LogP contribution in [-0.2, 0) is 0 Å². The Morgan fingerprint density at radius 2 is 2.50 bits per heavy atom. The van der Waals surface area contributed by atoms with Gasteiger partial charge in [0.05, 0.1) is 0 Å². The van der Waals surface area contributed by atoms with Crippen LogP contribution in [0.3, 0.4) is 0 Å². The maximum Gasteiger partial charge on any atom is 0.218 e. The Bertz CT molecular complexity index is 299. The van der Waals surface area contributed by atoms with Crippen molar-refractivity contribution < 1.29 is 4.74 Å². The van der Waals surface area contributed by atoms with Crippen LogP contribution >= 0.6 is 0 Å². The summed E-state index contributed by atoms with van der Waals surface area (Å²) in [4.78, 5) is 8.06. The summed E-state index contributed by atoms with van der Waals surface area (Å²) in [7, 11) is 1.82. The van der Waals surface area contributed by atoms with Crippen molar-refractivity contribution in [3.8, 4) is 5.88 Å². The van der Waals surface area contributed by atoms with Gasteiger partial charge in [0.15, 0.2) is 0 Å². The van der Waals surface area contributed by atoms with Gasteiger partial charge in [-0.05, 0) is 13.0 Å². The average molecular weight is 194 g/mol. The average Bonchev–Trinajstić information content (AvgIpc) is 2.71. The molecule has 14 heavy (non-hydrogen) atoms. The van der Waals surface area contributed by atoms with Gasteiger partial charge in [0.1, 0.15) is 18.2 Å². The van der Waals surface area contributed by atoms with Crippen LogP contribution in [0, 0.1) is 0 Å². The maximum absolute atomic E-state index is 5.66. The van der Waals surface area contributed by atoms with Crippen LogP contribution in [-0.4, -0.2) is 36.2 Å². The summed E-state index contributed by atoms with van der Waals surface area (Å²) >= 11 is 0. The predicted octanol–water partition coefficient (Wildman–Crippen LogP) is 0.259. The molecule has 0 bridgehead atoms. The van der Waals surface area contributed by atoms with E-state index >= 15 is 0 Å². The molecule has 0 aliphatic carbocycles. The second kappa shape index (κ2) is 4.23. The molecular weight excluding hydrogens is 180 g/mol. The highest BCUT2D eigenvalue weighted by atomic mass is 16.5. The number of nitrogens with zero attached hydrogens (tertiary/aromatic N) is 2. The van der Waals surface area contributed by atoms with Crippen LogP contribution < -0.4 is 15.4 Å². The molecule has 0 radical (unpaired) electrons. The predicted molar refractivity (Wildman–Crippen MR) is 53.5 cm³/mol. The lowest BCUT2D eigenvalue weighted by Gasteiger charge is -2.11. The van der Waals surface area contributed by atoms with E-state index in [0.29, 0.717) is 5.88 Å². The fourth-order valence-electron chi connectivity index (χ4n) is 1.44. The first-order valence-corrected chi connectivity index (χ1v) is 4.75. The third kappa shape index (κ3) is 2.11. The second-order valence-corrected chi connectivity index (χ2v) is 3.22. The third-order valence-corrected chi connectivity index (χ3v) is 2.20. The molecule has 0 amide bonds. The van der Waals surface area contributed by atoms with E-state index in [9.17, 15) is 0 Å². The highest BCUT2D eigenvalue weighted by Crippen LogP contribution is 2.14. The third-order valence-electron chi connectivity index (χ3n) is 2.20. The van der Waals surface area contributed by atoms with E-state index in [2.05, 4.69) is 20.6 Å². The molecule has 1 aliphatic rings. The Labute approximate surface area is 82.9 Å². The molecule has 1 fully saturated rings. The molecule has 1 aromatic rings. The smallest absolute Gasteiger partial charge is 0.218 e. The molecular formula is C9H14N4O. The van der Waals surface area contributed by atoms with Crippen molar-refractivity contribution >= 4 is 5.82 Å². The molecule has 0 spiro atoms. The van der Waals surface area contributed by atoms with Crippen molar-refractivity contribution in [1.82, 2.24) is 15.3 Å². The van der Waals surface area contributed by atoms with Gasteiger partial charge in [-0.15, -0.1) is 0 Å². The molecule has 76 valence electrons. The molecule has 2 N–H and O–H groups in total. The minimum absolute atomic E-state index is 0.245. The molecule has 5 heteroatoms. The summed E-state index contributed by atoms with van der Waals surface area (Å²) in [6.45, 7) is 1.92. The molecule has 2 heterocycles. The minimum atomic E-state index is 0.245. The number of rotatable bonds is 3. The number of aromatic nitrogens is 2. The Balaban J connectivity index is 2.00. The number of hydrogen-bond donors (Lipinski definition) is 2. The fraction of sp³-hybridized carbons (Fsp3) is 0.556. The van der Waals surface area contributed by atoms with Crippen molar-refractivity contribution in [3.05, 3.63) is 12.4 Å². The van der Waals surface area contributed by atoms with E-state index in [-0.39, 0.29) is 6.10 Å². The summed E-state index contributed by atoms with van der Waals surface area (Å²) in [5.41, 5.74) is 0. The molecule has 1 atom stereocenters. The minimum Gasteiger partial charge on any atom is -0.473 e. The monoisotopic (exact) mass is 194 g/mol. The Kier molecular flexibility index (Phi) is 2.78. The first kappa shape index (κ1) is 9.21. The Morgan fingerprint density at radius 3 is 3.21 bits per heavy atom. The van der Waals surface area contributed by atoms with Crippen LogP contribution in [0.5, 0.6) is 5.88 Å². The summed E-state index contributed by atoms with van der Waals surface area (Å²) < 4.78 is 5.66. The highest BCUT2D eigenvalue weighted by Gasteiger charge is 2.16. The van der Waals surface area contributed by atoms with Crippen LogP contribution in [0.25, 0.3) is 0 Å². The first-order valence-electron chi connectivity index (χ1n) is 4.75. The number of nitrogens with one attached hydrogen (secondary N) is 2. The number of anilines is 1. The van der Waals surface area contributed by atoms with Crippen LogP contribution in [0.2, 0.25) is 0 Å². The van der Waals surface area contributed by atoms with Crippen molar-refractivity contribution in [2.45, 2.75) is 12.5 Å². The quantitative estimate of drug-likeness (QED) is 0.722. The van der Waals surface area contributed by atoms with Crippen molar-refractivity contribution in [2.24, 2.45) is 0 Å². The van der Waals surface area contributed by atoms with E-state index in [0.717, 1.165) is 25.3 Å². The van der Waals surface area contributed by atoms with Crippen molar-refractivity contribution in [2.75, 3.05) is 25.5 Å². The van der Waals surface area contributed by atoms with Gasteiger partial charge >= 0.3 is 0 Å². The van der Waals surface area contributed by atoms with Gasteiger partial charge in [0.25, 0.3) is 0 Å². The zero-order valence-electron chi connectivity index (χ0n) is 8.16. The van der Waals surface area contributed by atoms with Crippen LogP contribution in [0.15, 0.2) is 12.4 Å². The molecule has 5 nitrogen and oxygen atoms in total. The van der Waals surface area contributed by atoms with Gasteiger partial charge in [0, 0.05) is 19.7 Å². The van der Waals surface area contributed by atoms with Gasteiger partial charge < -0.3 is 15.4 Å². The maximum atomic E-state index is 5.66. The molecule has 1 unspecified atom stereocenters. The second-order valence-electron chi connectivity index (χ2n) is 3.22. The summed E-state index contributed by atoms with van der Waals surface area (Å²) in [5, 5.41) is 6.18. The Hall–Kier alpha value is -1.36. The molecule has 2 rings (SSSR count). The summed E-state index contributed by atoms with van der Waals surface area (Å²) in [6, 6.07) is 1.80. The zero-order chi connectivity index (χ0) is 9.80. The number of hydrogen-bond acceptors (Lipinski definition) is 5. The molecule has 0 saturated carbocycles. The number of ether oxygens (including phenoxy) is 1. The topological polar surface area (TPSA) is 59.1 Å². The van der Waals surface area contributed by atoms with E-state index in [1.807, 2.05) is 7.05 Å². The largest absolute Gasteiger partial charge is 0.473 e. The van der Waals surface area contributed by atoms with E-state index in [4.69, 9.17) is 4.74 Å². The van der Waals surface area contributed by atoms with E-state index in [1.54, 1.807) is 6.07 Å². The van der Waals surface area contributed by atoms with Gasteiger partial charge in [-0.3, -0.25) is 0 Å². The standard InChI is InChI=1S/C9H14N4O/c1-10-8-4-9(13-6-12-8)14-7-2-3-11-5-7/h4,6-7,11H,2-3,5H2,1H3,(H,10,12,13). The van der Waals surface area contributed by atoms with Gasteiger partial charge in [-0.25, -0.2) is 9.97 Å². The molecule has 1 aromatic heterocycles. The van der Waals surface area contributed by atoms with Gasteiger partial charge in [-0.2, -0.15) is 0 Å². The normalized spacial score (nSPS) is 20.8. The van der Waals surface area contributed by atoms with E-state index < -0.39 is 0 Å². The van der Waals surface area contributed by atoms with E-state index in [1.165, 1.54) is 6.33 Å². The molecule has 1 saturated heterocycles. The first-order chi connectivity index (χ1) is 6.88. The summed E-state index contributed by atoms with van der Waals surface area (Å²) in [5.74, 6) is 1.42. The Morgan fingerprint density at radius 1 is 1.57 bits per heavy atom. The zero-order valence-corrected chi connectivity index (χ0v) is 8.16. The summed E-state index contributed by atoms with van der Waals surface area (Å²) in [6.07, 6.45) is 2.79. The lowest BCUT2D eigenvalue weighted by molar-refractivity contribution is 0.214. The lowest BCUT2D eigenvalue weighted by Crippen LogP contribution is -2.20. The lowest BCUT2D eigenvalue weighted by atomic mass is 10.3. The van der Waals surface area contributed by atoms with Crippen LogP contribution in [0.1, 0.15) is 6.42 Å².